The first kappa shape index (κ1) is 27.1. The maximum Gasteiger partial charge on any atom is 0.206 e. The largest absolute Gasteiger partial charge is 0.507 e. The Balaban J connectivity index is 1.66. The Morgan fingerprint density at radius 3 is 2.10 bits per heavy atom. The molecule has 0 radical (unpaired) electrons. The van der Waals surface area contributed by atoms with E-state index in [1.165, 1.54) is 12.1 Å². The van der Waals surface area contributed by atoms with E-state index in [9.17, 15) is 18.3 Å². The summed E-state index contributed by atoms with van der Waals surface area (Å²) in [5, 5.41) is 11.4. The molecule has 5 rings (SSSR count). The predicted molar refractivity (Wildman–Crippen MR) is 156 cm³/mol. The number of aryl methyl sites for hydroxylation is 1. The summed E-state index contributed by atoms with van der Waals surface area (Å²) in [6, 6.07) is 20.3. The maximum atomic E-state index is 13.5. The van der Waals surface area contributed by atoms with Crippen LogP contribution in [0.5, 0.6) is 0 Å². The molecule has 0 saturated carbocycles. The monoisotopic (exact) mass is 604 g/mol. The molecule has 0 saturated heterocycles. The molecule has 1 aliphatic heterocycles. The molecular weight excluding hydrogens is 576 g/mol. The van der Waals surface area contributed by atoms with Gasteiger partial charge in [0, 0.05) is 33.5 Å². The minimum Gasteiger partial charge on any atom is -0.507 e. The summed E-state index contributed by atoms with van der Waals surface area (Å²) in [4.78, 5) is 18.5. The number of Topliss-reactive ketones (excluding diaryl/α,β-unsaturated/α-hetero) is 1. The van der Waals surface area contributed by atoms with Crippen molar-refractivity contribution in [2.45, 2.75) is 49.3 Å². The number of carbonyl (C=O) groups excluding carboxylic acids is 1. The lowest BCUT2D eigenvalue weighted by Gasteiger charge is -2.37. The molecule has 1 aliphatic carbocycles. The number of amidine groups is 1. The second kappa shape index (κ2) is 9.92. The number of hydrogen-bond donors (Lipinski definition) is 2. The molecule has 3 N–H and O–H groups in total. The molecular formula is C31H29BrN2O4S. The van der Waals surface area contributed by atoms with Crippen molar-refractivity contribution in [3.63, 3.8) is 0 Å². The molecule has 0 spiro atoms. The van der Waals surface area contributed by atoms with E-state index in [1.54, 1.807) is 60.7 Å². The second-order valence-corrected chi connectivity index (χ2v) is 13.8. The van der Waals surface area contributed by atoms with Crippen LogP contribution >= 0.6 is 15.9 Å². The van der Waals surface area contributed by atoms with E-state index < -0.39 is 15.8 Å². The number of benzene rings is 3. The van der Waals surface area contributed by atoms with Gasteiger partial charge in [-0.05, 0) is 60.7 Å². The second-order valence-electron chi connectivity index (χ2n) is 10.9. The molecule has 0 aromatic heterocycles. The molecule has 2 aliphatic rings. The Bertz CT molecular complexity index is 1670. The van der Waals surface area contributed by atoms with E-state index in [4.69, 9.17) is 5.73 Å². The number of nitrogens with two attached hydrogens (primary N) is 1. The van der Waals surface area contributed by atoms with Gasteiger partial charge >= 0.3 is 0 Å². The highest BCUT2D eigenvalue weighted by atomic mass is 79.9. The highest BCUT2D eigenvalue weighted by Gasteiger charge is 2.42. The number of carbonyl (C=O) groups is 1. The van der Waals surface area contributed by atoms with Crippen molar-refractivity contribution in [1.29, 1.82) is 0 Å². The van der Waals surface area contributed by atoms with E-state index in [1.807, 2.05) is 20.8 Å². The number of ketones is 1. The van der Waals surface area contributed by atoms with Crippen LogP contribution in [0.4, 0.5) is 0 Å². The Kier molecular flexibility index (Phi) is 6.89. The van der Waals surface area contributed by atoms with Crippen LogP contribution < -0.4 is 5.73 Å². The summed E-state index contributed by atoms with van der Waals surface area (Å²) >= 11 is 3.41. The smallest absolute Gasteiger partial charge is 0.206 e. The van der Waals surface area contributed by atoms with Crippen LogP contribution in [-0.4, -0.2) is 25.1 Å². The van der Waals surface area contributed by atoms with E-state index in [-0.39, 0.29) is 32.6 Å². The number of rotatable bonds is 4. The molecule has 200 valence electrons. The van der Waals surface area contributed by atoms with Gasteiger partial charge in [0.15, 0.2) is 5.78 Å². The topological polar surface area (TPSA) is 110 Å². The van der Waals surface area contributed by atoms with Gasteiger partial charge in [-0.3, -0.25) is 4.79 Å². The molecule has 3 aromatic rings. The van der Waals surface area contributed by atoms with Gasteiger partial charge in [-0.1, -0.05) is 71.7 Å². The Labute approximate surface area is 237 Å². The molecule has 39 heavy (non-hydrogen) atoms. The average Bonchev–Trinajstić information content (AvgIpc) is 2.87. The van der Waals surface area contributed by atoms with Crippen molar-refractivity contribution in [2.24, 2.45) is 16.1 Å². The van der Waals surface area contributed by atoms with Crippen molar-refractivity contribution >= 4 is 43.1 Å². The molecule has 1 atom stereocenters. The van der Waals surface area contributed by atoms with Crippen molar-refractivity contribution in [2.75, 3.05) is 0 Å². The summed E-state index contributed by atoms with van der Waals surface area (Å²) in [5.74, 6) is -0.684. The van der Waals surface area contributed by atoms with Gasteiger partial charge in [-0.25, -0.2) is 13.4 Å². The zero-order chi connectivity index (χ0) is 28.1. The van der Waals surface area contributed by atoms with Gasteiger partial charge in [0.25, 0.3) is 0 Å². The summed E-state index contributed by atoms with van der Waals surface area (Å²) in [6.45, 7) is 5.94. The molecule has 0 fully saturated rings. The first-order valence-electron chi connectivity index (χ1n) is 12.6. The lowest BCUT2D eigenvalue weighted by molar-refractivity contribution is -0.118. The van der Waals surface area contributed by atoms with E-state index in [2.05, 4.69) is 20.9 Å². The van der Waals surface area contributed by atoms with Gasteiger partial charge < -0.3 is 10.8 Å². The number of allylic oxidation sites excluding steroid dienone is 2. The van der Waals surface area contributed by atoms with Crippen LogP contribution in [0.1, 0.15) is 49.3 Å². The fourth-order valence-electron chi connectivity index (χ4n) is 5.27. The quantitative estimate of drug-likeness (QED) is 0.324. The van der Waals surface area contributed by atoms with Crippen LogP contribution in [0.2, 0.25) is 0 Å². The number of nitrogens with zero attached hydrogens (tertiary/aromatic N) is 1. The number of hydrogen-bond acceptors (Lipinski definition) is 6. The highest BCUT2D eigenvalue weighted by molar-refractivity contribution is 9.10. The zero-order valence-electron chi connectivity index (χ0n) is 21.9. The number of aliphatic hydroxyl groups is 1. The van der Waals surface area contributed by atoms with Crippen molar-refractivity contribution in [3.05, 3.63) is 111 Å². The predicted octanol–water partition coefficient (Wildman–Crippen LogP) is 6.66. The molecule has 0 bridgehead atoms. The van der Waals surface area contributed by atoms with Crippen molar-refractivity contribution in [3.8, 4) is 0 Å². The van der Waals surface area contributed by atoms with Crippen molar-refractivity contribution in [1.82, 2.24) is 0 Å². The van der Waals surface area contributed by atoms with Gasteiger partial charge in [-0.15, -0.1) is 0 Å². The third-order valence-electron chi connectivity index (χ3n) is 7.23. The van der Waals surface area contributed by atoms with Crippen LogP contribution in [0.15, 0.2) is 109 Å². The molecule has 8 heteroatoms. The van der Waals surface area contributed by atoms with Crippen LogP contribution in [0, 0.1) is 12.3 Å². The van der Waals surface area contributed by atoms with Crippen LogP contribution in [0.3, 0.4) is 0 Å². The maximum absolute atomic E-state index is 13.5. The van der Waals surface area contributed by atoms with E-state index >= 15 is 0 Å². The minimum absolute atomic E-state index is 0.0556. The van der Waals surface area contributed by atoms with Crippen LogP contribution in [-0.2, 0) is 14.6 Å². The van der Waals surface area contributed by atoms with Gasteiger partial charge in [0.2, 0.25) is 9.84 Å². The number of aliphatic imine (C=N–C) groups is 1. The fourth-order valence-corrected chi connectivity index (χ4v) is 6.80. The highest BCUT2D eigenvalue weighted by Crippen LogP contribution is 2.48. The molecule has 6 nitrogen and oxygen atoms in total. The average molecular weight is 606 g/mol. The standard InChI is InChI=1S/C31H29BrN2O4S/c1-18-4-12-22(13-5-18)39(37,38)23-14-8-19(9-15-23)26-27-24(16-31(2,3)17-25(27)35)34-30(33)28(26)29(36)20-6-10-21(32)11-7-20/h4-15,26,36H,16-17H2,1-3H3,(H2,33,34)/b29-28+. The molecule has 1 heterocycles. The van der Waals surface area contributed by atoms with Crippen molar-refractivity contribution < 1.29 is 18.3 Å². The minimum atomic E-state index is -3.73. The van der Waals surface area contributed by atoms with E-state index in [0.29, 0.717) is 40.8 Å². The van der Waals surface area contributed by atoms with Gasteiger partial charge in [0.1, 0.15) is 11.6 Å². The molecule has 1 unspecified atom stereocenters. The fraction of sp³-hybridized carbons (Fsp3) is 0.226. The summed E-state index contributed by atoms with van der Waals surface area (Å²) < 4.78 is 27.4. The third kappa shape index (κ3) is 5.11. The van der Waals surface area contributed by atoms with E-state index in [0.717, 1.165) is 10.0 Å². The summed E-state index contributed by atoms with van der Waals surface area (Å²) in [7, 11) is -3.73. The normalized spacial score (nSPS) is 20.4. The number of aliphatic hydroxyl groups excluding tert-OH is 1. The molecule has 3 aromatic carbocycles. The lowest BCUT2D eigenvalue weighted by atomic mass is 9.68. The Morgan fingerprint density at radius 2 is 1.51 bits per heavy atom. The van der Waals surface area contributed by atoms with Gasteiger partial charge in [-0.2, -0.15) is 0 Å². The van der Waals surface area contributed by atoms with Crippen LogP contribution in [0.25, 0.3) is 5.76 Å². The lowest BCUT2D eigenvalue weighted by Crippen LogP contribution is -2.35. The molecule has 0 amide bonds. The van der Waals surface area contributed by atoms with Gasteiger partial charge in [0.05, 0.1) is 15.5 Å². The SMILES string of the molecule is Cc1ccc(S(=O)(=O)c2ccc(C3C4=C(CC(C)(C)CC4=O)N=C(N)/C3=C(/O)c3ccc(Br)cc3)cc2)cc1. The Hall–Kier alpha value is -3.49. The summed E-state index contributed by atoms with van der Waals surface area (Å²) in [5.41, 5.74) is 9.80. The Morgan fingerprint density at radius 1 is 0.949 bits per heavy atom. The number of sulfone groups is 1. The third-order valence-corrected chi connectivity index (χ3v) is 9.55. The first-order chi connectivity index (χ1) is 18.4. The zero-order valence-corrected chi connectivity index (χ0v) is 24.3. The number of halogens is 1. The first-order valence-corrected chi connectivity index (χ1v) is 14.9. The summed E-state index contributed by atoms with van der Waals surface area (Å²) in [6.07, 6.45) is 0.904.